The van der Waals surface area contributed by atoms with E-state index >= 15 is 0 Å². The third kappa shape index (κ3) is 9.69. The summed E-state index contributed by atoms with van der Waals surface area (Å²) in [5, 5.41) is 0. The first-order chi connectivity index (χ1) is 5.81. The lowest BCUT2D eigenvalue weighted by atomic mass is 9.91. The van der Waals surface area contributed by atoms with Crippen LogP contribution in [0.25, 0.3) is 0 Å². The molecular weight excluding hydrogens is 182 g/mol. The normalized spacial score (nSPS) is 12.9. The van der Waals surface area contributed by atoms with Gasteiger partial charge in [0.05, 0.1) is 12.7 Å². The summed E-state index contributed by atoms with van der Waals surface area (Å²) in [7, 11) is 1.44. The van der Waals surface area contributed by atoms with Crippen molar-refractivity contribution in [2.45, 2.75) is 20.0 Å². The topological polar surface area (TPSA) is 12.5 Å². The number of ether oxygens (including phenoxy) is 1. The number of rotatable bonds is 6. The summed E-state index contributed by atoms with van der Waals surface area (Å²) in [5.74, 6) is 0. The van der Waals surface area contributed by atoms with Crippen molar-refractivity contribution in [3.05, 3.63) is 0 Å². The van der Waals surface area contributed by atoms with Gasteiger partial charge in [0.1, 0.15) is 0 Å². The summed E-state index contributed by atoms with van der Waals surface area (Å²) in [6.45, 7) is -0.331. The molecule has 0 aliphatic rings. The summed E-state index contributed by atoms with van der Waals surface area (Å²) < 4.78 is 40.7. The Morgan fingerprint density at radius 1 is 1.31 bits per heavy atom. The fraction of sp³-hybridized carbons (Fsp3) is 1.00. The standard InChI is InChI=1S/C7H16BF3NO/c1-7(2)13-5-4-12(3)6-8(9,10)11/h7H,4-6H2,1-3H3/q-1. The molecule has 0 amide bonds. The van der Waals surface area contributed by atoms with E-state index in [1.165, 1.54) is 11.9 Å². The molecule has 0 unspecified atom stereocenters. The van der Waals surface area contributed by atoms with Gasteiger partial charge in [-0.25, -0.2) is 0 Å². The highest BCUT2D eigenvalue weighted by Gasteiger charge is 2.24. The third-order valence-corrected chi connectivity index (χ3v) is 1.44. The predicted molar refractivity (Wildman–Crippen MR) is 47.7 cm³/mol. The van der Waals surface area contributed by atoms with E-state index in [0.29, 0.717) is 13.2 Å². The molecule has 0 saturated carbocycles. The van der Waals surface area contributed by atoms with Gasteiger partial charge in [-0.2, -0.15) is 0 Å². The first kappa shape index (κ1) is 12.8. The molecule has 0 aromatic carbocycles. The van der Waals surface area contributed by atoms with Crippen molar-refractivity contribution >= 4 is 6.98 Å². The molecule has 0 rings (SSSR count). The second-order valence-electron chi connectivity index (χ2n) is 3.39. The molecule has 0 saturated heterocycles. The molecule has 0 fully saturated rings. The lowest BCUT2D eigenvalue weighted by Gasteiger charge is -2.23. The first-order valence-corrected chi connectivity index (χ1v) is 4.32. The summed E-state index contributed by atoms with van der Waals surface area (Å²) in [6, 6.07) is 0. The lowest BCUT2D eigenvalue weighted by molar-refractivity contribution is 0.0653. The molecule has 6 heteroatoms. The zero-order chi connectivity index (χ0) is 10.5. The van der Waals surface area contributed by atoms with E-state index in [9.17, 15) is 12.9 Å². The van der Waals surface area contributed by atoms with Gasteiger partial charge in [-0.1, -0.05) is 0 Å². The highest BCUT2D eigenvalue weighted by atomic mass is 19.4. The van der Waals surface area contributed by atoms with E-state index in [1.54, 1.807) is 0 Å². The molecule has 0 aliphatic carbocycles. The molecule has 0 aliphatic heterocycles. The molecule has 13 heavy (non-hydrogen) atoms. The van der Waals surface area contributed by atoms with Crippen LogP contribution in [0.2, 0.25) is 0 Å². The van der Waals surface area contributed by atoms with Gasteiger partial charge in [0.15, 0.2) is 0 Å². The van der Waals surface area contributed by atoms with Crippen molar-refractivity contribution in [3.8, 4) is 0 Å². The lowest BCUT2D eigenvalue weighted by Crippen LogP contribution is -2.37. The Morgan fingerprint density at radius 3 is 2.23 bits per heavy atom. The van der Waals surface area contributed by atoms with Crippen LogP contribution in [-0.2, 0) is 4.74 Å². The minimum atomic E-state index is -4.71. The van der Waals surface area contributed by atoms with Crippen LogP contribution >= 0.6 is 0 Å². The highest BCUT2D eigenvalue weighted by molar-refractivity contribution is 6.58. The van der Waals surface area contributed by atoms with E-state index in [-0.39, 0.29) is 6.10 Å². The van der Waals surface area contributed by atoms with E-state index < -0.39 is 13.4 Å². The fourth-order valence-corrected chi connectivity index (χ4v) is 0.889. The van der Waals surface area contributed by atoms with Crippen LogP contribution in [0.15, 0.2) is 0 Å². The maximum atomic E-state index is 11.9. The molecule has 2 nitrogen and oxygen atoms in total. The second-order valence-corrected chi connectivity index (χ2v) is 3.39. The minimum Gasteiger partial charge on any atom is -0.448 e. The first-order valence-electron chi connectivity index (χ1n) is 4.32. The minimum absolute atomic E-state index is 0.0739. The molecule has 0 bridgehead atoms. The molecule has 0 spiro atoms. The van der Waals surface area contributed by atoms with Crippen LogP contribution in [0.5, 0.6) is 0 Å². The fourth-order valence-electron chi connectivity index (χ4n) is 0.889. The molecule has 0 N–H and O–H groups in total. The van der Waals surface area contributed by atoms with Crippen LogP contribution < -0.4 is 0 Å². The monoisotopic (exact) mass is 198 g/mol. The molecule has 0 heterocycles. The van der Waals surface area contributed by atoms with Crippen molar-refractivity contribution < 1.29 is 17.7 Å². The Morgan fingerprint density at radius 2 is 1.85 bits per heavy atom. The van der Waals surface area contributed by atoms with Gasteiger partial charge in [-0.3, -0.25) is 0 Å². The SMILES string of the molecule is CC(C)OCCN(C)C[B-](F)(F)F. The Bertz CT molecular complexity index is 140. The van der Waals surface area contributed by atoms with Crippen molar-refractivity contribution in [1.82, 2.24) is 4.90 Å². The predicted octanol–water partition coefficient (Wildman–Crippen LogP) is 1.73. The molecule has 0 aromatic heterocycles. The van der Waals surface area contributed by atoms with E-state index in [0.717, 1.165) is 0 Å². The number of halogens is 3. The van der Waals surface area contributed by atoms with Gasteiger partial charge in [0.2, 0.25) is 0 Å². The van der Waals surface area contributed by atoms with Crippen LogP contribution in [-0.4, -0.2) is 44.6 Å². The van der Waals surface area contributed by atoms with Gasteiger partial charge in [0.25, 0.3) is 0 Å². The largest absolute Gasteiger partial charge is 0.492 e. The number of hydrogen-bond donors (Lipinski definition) is 0. The summed E-state index contributed by atoms with van der Waals surface area (Å²) in [5.41, 5.74) is 0. The average Bonchev–Trinajstić information content (AvgIpc) is 1.81. The van der Waals surface area contributed by atoms with E-state index in [1.807, 2.05) is 13.8 Å². The Balaban J connectivity index is 3.46. The molecular formula is C7H16BF3NO-. The summed E-state index contributed by atoms with van der Waals surface area (Å²) in [6.07, 6.45) is -0.744. The highest BCUT2D eigenvalue weighted by Crippen LogP contribution is 2.08. The van der Waals surface area contributed by atoms with Crippen molar-refractivity contribution in [2.24, 2.45) is 0 Å². The quantitative estimate of drug-likeness (QED) is 0.602. The van der Waals surface area contributed by atoms with E-state index in [4.69, 9.17) is 4.74 Å². The Labute approximate surface area is 77.1 Å². The van der Waals surface area contributed by atoms with Crippen molar-refractivity contribution in [3.63, 3.8) is 0 Å². The molecule has 0 aromatic rings. The van der Waals surface area contributed by atoms with Gasteiger partial charge in [0, 0.05) is 6.54 Å². The zero-order valence-electron chi connectivity index (χ0n) is 8.27. The number of nitrogens with zero attached hydrogens (tertiary/aromatic N) is 1. The van der Waals surface area contributed by atoms with Crippen molar-refractivity contribution in [2.75, 3.05) is 26.6 Å². The molecule has 0 atom stereocenters. The van der Waals surface area contributed by atoms with Crippen LogP contribution in [0.4, 0.5) is 12.9 Å². The maximum Gasteiger partial charge on any atom is 0.492 e. The van der Waals surface area contributed by atoms with Gasteiger partial charge in [-0.05, 0) is 27.3 Å². The Kier molecular flexibility index (Phi) is 5.40. The third-order valence-electron chi connectivity index (χ3n) is 1.44. The second kappa shape index (κ2) is 5.49. The zero-order valence-corrected chi connectivity index (χ0v) is 8.27. The van der Waals surface area contributed by atoms with Crippen molar-refractivity contribution in [1.29, 1.82) is 0 Å². The summed E-state index contributed by atoms with van der Waals surface area (Å²) in [4.78, 5) is 1.22. The molecule has 80 valence electrons. The van der Waals surface area contributed by atoms with Crippen LogP contribution in [0.3, 0.4) is 0 Å². The molecule has 0 radical (unpaired) electrons. The van der Waals surface area contributed by atoms with Gasteiger partial charge >= 0.3 is 6.98 Å². The number of hydrogen-bond acceptors (Lipinski definition) is 2. The van der Waals surface area contributed by atoms with E-state index in [2.05, 4.69) is 0 Å². The van der Waals surface area contributed by atoms with Crippen LogP contribution in [0.1, 0.15) is 13.8 Å². The Hall–Kier alpha value is -0.225. The summed E-state index contributed by atoms with van der Waals surface area (Å²) >= 11 is 0. The number of likely N-dealkylation sites (N-methyl/N-ethyl adjacent to an activating group) is 1. The average molecular weight is 198 g/mol. The van der Waals surface area contributed by atoms with Gasteiger partial charge < -0.3 is 22.6 Å². The van der Waals surface area contributed by atoms with Gasteiger partial charge in [-0.15, -0.1) is 0 Å². The smallest absolute Gasteiger partial charge is 0.448 e. The van der Waals surface area contributed by atoms with Crippen LogP contribution in [0, 0.1) is 0 Å². The maximum absolute atomic E-state index is 11.9.